The summed E-state index contributed by atoms with van der Waals surface area (Å²) >= 11 is 0. The number of methoxy groups -OCH3 is 1. The number of fused-ring (bicyclic) bond motifs is 1. The monoisotopic (exact) mass is 243 g/mol. The largest absolute Gasteiger partial charge is 0.485 e. The molecule has 1 aliphatic rings. The Kier molecular flexibility index (Phi) is 2.72. The molecule has 0 amide bonds. The number of pyridine rings is 1. The maximum absolute atomic E-state index is 11.3. The van der Waals surface area contributed by atoms with Crippen molar-refractivity contribution >= 4 is 16.7 Å². The van der Waals surface area contributed by atoms with E-state index in [1.54, 1.807) is 6.20 Å². The van der Waals surface area contributed by atoms with Gasteiger partial charge in [0.25, 0.3) is 0 Å². The first-order valence-corrected chi connectivity index (χ1v) is 5.85. The standard InChI is InChI=1S/C14H13NO3/c1-17-14-12(16)7-13(14)18-10-6-9-4-2-3-5-11(9)15-8-10/h2-6,8,13-14H,7H2,1H3. The van der Waals surface area contributed by atoms with Crippen molar-refractivity contribution in [3.05, 3.63) is 36.5 Å². The highest BCUT2D eigenvalue weighted by Gasteiger charge is 2.42. The summed E-state index contributed by atoms with van der Waals surface area (Å²) in [6.07, 6.45) is 1.46. The minimum absolute atomic E-state index is 0.0937. The van der Waals surface area contributed by atoms with E-state index in [4.69, 9.17) is 9.47 Å². The fourth-order valence-corrected chi connectivity index (χ4v) is 2.15. The molecule has 1 fully saturated rings. The van der Waals surface area contributed by atoms with Crippen molar-refractivity contribution in [1.29, 1.82) is 0 Å². The van der Waals surface area contributed by atoms with Gasteiger partial charge in [0.2, 0.25) is 0 Å². The van der Waals surface area contributed by atoms with Crippen molar-refractivity contribution < 1.29 is 14.3 Å². The number of carbonyl (C=O) groups is 1. The van der Waals surface area contributed by atoms with Crippen LogP contribution in [-0.2, 0) is 9.53 Å². The predicted molar refractivity (Wildman–Crippen MR) is 66.6 cm³/mol. The summed E-state index contributed by atoms with van der Waals surface area (Å²) in [6.45, 7) is 0. The Morgan fingerprint density at radius 1 is 1.33 bits per heavy atom. The third-order valence-electron chi connectivity index (χ3n) is 3.16. The molecule has 1 aromatic heterocycles. The van der Waals surface area contributed by atoms with E-state index >= 15 is 0 Å². The van der Waals surface area contributed by atoms with Crippen molar-refractivity contribution in [3.63, 3.8) is 0 Å². The molecule has 1 aromatic carbocycles. The molecule has 0 saturated heterocycles. The average molecular weight is 243 g/mol. The van der Waals surface area contributed by atoms with Crippen molar-refractivity contribution in [1.82, 2.24) is 4.98 Å². The minimum Gasteiger partial charge on any atom is -0.485 e. The zero-order valence-electron chi connectivity index (χ0n) is 10.00. The topological polar surface area (TPSA) is 48.4 Å². The van der Waals surface area contributed by atoms with E-state index in [0.29, 0.717) is 12.2 Å². The Balaban J connectivity index is 1.81. The summed E-state index contributed by atoms with van der Waals surface area (Å²) in [5.41, 5.74) is 0.929. The zero-order valence-corrected chi connectivity index (χ0v) is 10.00. The molecule has 0 radical (unpaired) electrons. The number of ketones is 1. The van der Waals surface area contributed by atoms with Crippen molar-refractivity contribution in [2.24, 2.45) is 0 Å². The predicted octanol–water partition coefficient (Wildman–Crippen LogP) is 1.97. The van der Waals surface area contributed by atoms with Gasteiger partial charge in [0.1, 0.15) is 11.9 Å². The number of benzene rings is 1. The van der Waals surface area contributed by atoms with Crippen LogP contribution < -0.4 is 4.74 Å². The number of aromatic nitrogens is 1. The van der Waals surface area contributed by atoms with Crippen LogP contribution in [0.1, 0.15) is 6.42 Å². The second-order valence-corrected chi connectivity index (χ2v) is 4.35. The van der Waals surface area contributed by atoms with Gasteiger partial charge in [0.05, 0.1) is 11.7 Å². The average Bonchev–Trinajstić information content (AvgIpc) is 2.38. The van der Waals surface area contributed by atoms with Gasteiger partial charge in [0.15, 0.2) is 11.9 Å². The number of hydrogen-bond donors (Lipinski definition) is 0. The van der Waals surface area contributed by atoms with E-state index in [1.807, 2.05) is 30.3 Å². The van der Waals surface area contributed by atoms with E-state index in [9.17, 15) is 4.79 Å². The lowest BCUT2D eigenvalue weighted by Crippen LogP contribution is -2.51. The molecule has 2 atom stereocenters. The van der Waals surface area contributed by atoms with Crippen LogP contribution in [0.3, 0.4) is 0 Å². The van der Waals surface area contributed by atoms with Gasteiger partial charge in [-0.3, -0.25) is 9.78 Å². The lowest BCUT2D eigenvalue weighted by Gasteiger charge is -2.33. The number of Topliss-reactive ketones (excluding diaryl/α,β-unsaturated/α-hetero) is 1. The summed E-state index contributed by atoms with van der Waals surface area (Å²) in [5.74, 6) is 0.768. The quantitative estimate of drug-likeness (QED) is 0.827. The smallest absolute Gasteiger partial charge is 0.169 e. The Bertz CT molecular complexity index is 596. The molecule has 2 aromatic rings. The number of para-hydroxylation sites is 1. The van der Waals surface area contributed by atoms with Gasteiger partial charge in [-0.2, -0.15) is 0 Å². The minimum atomic E-state index is -0.434. The van der Waals surface area contributed by atoms with Gasteiger partial charge in [0, 0.05) is 18.9 Å². The molecule has 1 saturated carbocycles. The summed E-state index contributed by atoms with van der Waals surface area (Å²) in [6, 6.07) is 9.76. The van der Waals surface area contributed by atoms with Crippen LogP contribution >= 0.6 is 0 Å². The zero-order chi connectivity index (χ0) is 12.5. The second-order valence-electron chi connectivity index (χ2n) is 4.35. The molecule has 3 rings (SSSR count). The van der Waals surface area contributed by atoms with Crippen LogP contribution in [0.25, 0.3) is 10.9 Å². The first-order chi connectivity index (χ1) is 8.78. The first-order valence-electron chi connectivity index (χ1n) is 5.85. The highest BCUT2D eigenvalue weighted by Crippen LogP contribution is 2.26. The molecule has 1 heterocycles. The number of ether oxygens (including phenoxy) is 2. The molecule has 0 bridgehead atoms. The third-order valence-corrected chi connectivity index (χ3v) is 3.16. The number of nitrogens with zero attached hydrogens (tertiary/aromatic N) is 1. The van der Waals surface area contributed by atoms with Crippen LogP contribution in [0.15, 0.2) is 36.5 Å². The lowest BCUT2D eigenvalue weighted by atomic mass is 9.90. The van der Waals surface area contributed by atoms with Gasteiger partial charge in [-0.05, 0) is 12.1 Å². The normalized spacial score (nSPS) is 22.8. The number of rotatable bonds is 3. The van der Waals surface area contributed by atoms with Crippen molar-refractivity contribution in [3.8, 4) is 5.75 Å². The maximum atomic E-state index is 11.3. The molecule has 1 aliphatic carbocycles. The number of carbonyl (C=O) groups excluding carboxylic acids is 1. The molecule has 0 N–H and O–H groups in total. The van der Waals surface area contributed by atoms with Gasteiger partial charge >= 0.3 is 0 Å². The summed E-state index contributed by atoms with van der Waals surface area (Å²) < 4.78 is 10.8. The Morgan fingerprint density at radius 3 is 2.94 bits per heavy atom. The van der Waals surface area contributed by atoms with Gasteiger partial charge in [-0.25, -0.2) is 0 Å². The molecule has 18 heavy (non-hydrogen) atoms. The summed E-state index contributed by atoms with van der Waals surface area (Å²) in [7, 11) is 1.52. The fourth-order valence-electron chi connectivity index (χ4n) is 2.15. The Morgan fingerprint density at radius 2 is 2.17 bits per heavy atom. The molecular formula is C14H13NO3. The number of hydrogen-bond acceptors (Lipinski definition) is 4. The second kappa shape index (κ2) is 4.38. The molecular weight excluding hydrogens is 230 g/mol. The van der Waals surface area contributed by atoms with Gasteiger partial charge in [-0.15, -0.1) is 0 Å². The van der Waals surface area contributed by atoms with E-state index in [-0.39, 0.29) is 11.9 Å². The third kappa shape index (κ3) is 1.84. The Hall–Kier alpha value is -1.94. The van der Waals surface area contributed by atoms with Crippen LogP contribution in [-0.4, -0.2) is 30.1 Å². The fraction of sp³-hybridized carbons (Fsp3) is 0.286. The van der Waals surface area contributed by atoms with E-state index in [0.717, 1.165) is 10.9 Å². The SMILES string of the molecule is COC1C(=O)CC1Oc1cnc2ccccc2c1. The van der Waals surface area contributed by atoms with Crippen molar-refractivity contribution in [2.45, 2.75) is 18.6 Å². The van der Waals surface area contributed by atoms with Crippen LogP contribution in [0, 0.1) is 0 Å². The first kappa shape index (κ1) is 11.2. The molecule has 0 aliphatic heterocycles. The summed E-state index contributed by atoms with van der Waals surface area (Å²) in [4.78, 5) is 15.6. The van der Waals surface area contributed by atoms with Crippen LogP contribution in [0.4, 0.5) is 0 Å². The highest BCUT2D eigenvalue weighted by molar-refractivity contribution is 5.90. The van der Waals surface area contributed by atoms with Crippen LogP contribution in [0.5, 0.6) is 5.75 Å². The van der Waals surface area contributed by atoms with E-state index < -0.39 is 6.10 Å². The Labute approximate surface area is 105 Å². The highest BCUT2D eigenvalue weighted by atomic mass is 16.5. The molecule has 4 heteroatoms. The van der Waals surface area contributed by atoms with Gasteiger partial charge < -0.3 is 9.47 Å². The van der Waals surface area contributed by atoms with E-state index in [2.05, 4.69) is 4.98 Å². The van der Waals surface area contributed by atoms with Crippen LogP contribution in [0.2, 0.25) is 0 Å². The van der Waals surface area contributed by atoms with Gasteiger partial charge in [-0.1, -0.05) is 18.2 Å². The molecule has 0 spiro atoms. The molecule has 2 unspecified atom stereocenters. The summed E-state index contributed by atoms with van der Waals surface area (Å²) in [5, 5.41) is 1.02. The van der Waals surface area contributed by atoms with E-state index in [1.165, 1.54) is 7.11 Å². The maximum Gasteiger partial charge on any atom is 0.169 e. The van der Waals surface area contributed by atoms with Crippen molar-refractivity contribution in [2.75, 3.05) is 7.11 Å². The molecule has 4 nitrogen and oxygen atoms in total. The molecule has 92 valence electrons. The lowest BCUT2D eigenvalue weighted by molar-refractivity contribution is -0.151.